The summed E-state index contributed by atoms with van der Waals surface area (Å²) in [5.74, 6) is 0.446. The fourth-order valence-corrected chi connectivity index (χ4v) is 3.37. The molecule has 27 heavy (non-hydrogen) atoms. The summed E-state index contributed by atoms with van der Waals surface area (Å²) in [6.07, 6.45) is 3.09. The van der Waals surface area contributed by atoms with E-state index in [1.165, 1.54) is 0 Å². The predicted octanol–water partition coefficient (Wildman–Crippen LogP) is 4.07. The van der Waals surface area contributed by atoms with Gasteiger partial charge in [-0.25, -0.2) is 4.79 Å². The van der Waals surface area contributed by atoms with Gasteiger partial charge >= 0.3 is 6.09 Å². The van der Waals surface area contributed by atoms with Gasteiger partial charge in [-0.2, -0.15) is 0 Å². The second-order valence-corrected chi connectivity index (χ2v) is 7.05. The smallest absolute Gasteiger partial charge is 0.409 e. The maximum atomic E-state index is 11.7. The second-order valence-electron chi connectivity index (χ2n) is 6.21. The molecule has 1 saturated heterocycles. The van der Waals surface area contributed by atoms with Gasteiger partial charge in [0.15, 0.2) is 5.96 Å². The molecule has 3 N–H and O–H groups in total. The van der Waals surface area contributed by atoms with Crippen molar-refractivity contribution in [1.82, 2.24) is 10.2 Å². The van der Waals surface area contributed by atoms with E-state index in [0.717, 1.165) is 31.2 Å². The van der Waals surface area contributed by atoms with Crippen molar-refractivity contribution in [3.8, 4) is 0 Å². The van der Waals surface area contributed by atoms with Crippen LogP contribution >= 0.6 is 47.2 Å². The first-order valence-corrected chi connectivity index (χ1v) is 9.67. The summed E-state index contributed by atoms with van der Waals surface area (Å²) in [5, 5.41) is 4.55. The Morgan fingerprint density at radius 1 is 1.37 bits per heavy atom. The van der Waals surface area contributed by atoms with Crippen LogP contribution in [-0.2, 0) is 11.2 Å². The van der Waals surface area contributed by atoms with E-state index in [2.05, 4.69) is 10.3 Å². The Hall–Kier alpha value is -0.930. The van der Waals surface area contributed by atoms with Crippen LogP contribution in [0.1, 0.15) is 31.7 Å². The van der Waals surface area contributed by atoms with Crippen LogP contribution in [0.25, 0.3) is 0 Å². The first-order valence-electron chi connectivity index (χ1n) is 8.91. The molecule has 2 rings (SSSR count). The molecule has 1 aromatic carbocycles. The van der Waals surface area contributed by atoms with Gasteiger partial charge in [-0.15, -0.1) is 24.0 Å². The van der Waals surface area contributed by atoms with Crippen LogP contribution in [0.3, 0.4) is 0 Å². The predicted molar refractivity (Wildman–Crippen MR) is 121 cm³/mol. The highest BCUT2D eigenvalue weighted by Gasteiger charge is 2.23. The van der Waals surface area contributed by atoms with Crippen LogP contribution in [0.15, 0.2) is 23.2 Å². The Labute approximate surface area is 187 Å². The molecule has 9 heteroatoms. The number of aliphatic imine (C=N–C) groups is 1. The molecule has 0 bridgehead atoms. The Kier molecular flexibility index (Phi) is 11.2. The number of rotatable bonds is 6. The van der Waals surface area contributed by atoms with Crippen molar-refractivity contribution in [2.45, 2.75) is 38.6 Å². The molecule has 0 aliphatic carbocycles. The zero-order valence-corrected chi connectivity index (χ0v) is 19.3. The molecule has 0 saturated carbocycles. The molecule has 1 aliphatic heterocycles. The molecule has 152 valence electrons. The lowest BCUT2D eigenvalue weighted by molar-refractivity contribution is 0.0963. The van der Waals surface area contributed by atoms with Crippen molar-refractivity contribution in [3.05, 3.63) is 33.8 Å². The van der Waals surface area contributed by atoms with Crippen molar-refractivity contribution >= 4 is 59.2 Å². The Balaban J connectivity index is 0.00000364. The number of likely N-dealkylation sites (tertiary alicyclic amines) is 1. The van der Waals surface area contributed by atoms with Crippen molar-refractivity contribution in [2.24, 2.45) is 10.7 Å². The minimum Gasteiger partial charge on any atom is -0.450 e. The first-order chi connectivity index (χ1) is 12.5. The van der Waals surface area contributed by atoms with E-state index in [-0.39, 0.29) is 36.1 Å². The number of benzene rings is 1. The van der Waals surface area contributed by atoms with Gasteiger partial charge < -0.3 is 20.7 Å². The van der Waals surface area contributed by atoms with Crippen LogP contribution < -0.4 is 11.1 Å². The van der Waals surface area contributed by atoms with Crippen LogP contribution in [0.2, 0.25) is 10.0 Å². The van der Waals surface area contributed by atoms with Gasteiger partial charge in [0.2, 0.25) is 0 Å². The van der Waals surface area contributed by atoms with Gasteiger partial charge in [0, 0.05) is 35.7 Å². The van der Waals surface area contributed by atoms with Crippen molar-refractivity contribution in [2.75, 3.05) is 26.2 Å². The minimum atomic E-state index is -0.242. The summed E-state index contributed by atoms with van der Waals surface area (Å²) in [6.45, 7) is 4.17. The van der Waals surface area contributed by atoms with Crippen molar-refractivity contribution < 1.29 is 9.53 Å². The number of guanidine groups is 1. The topological polar surface area (TPSA) is 80.0 Å². The minimum absolute atomic E-state index is 0. The molecular weight excluding hydrogens is 502 g/mol. The highest BCUT2D eigenvalue weighted by atomic mass is 127. The van der Waals surface area contributed by atoms with Gasteiger partial charge in [-0.3, -0.25) is 4.99 Å². The van der Waals surface area contributed by atoms with Crippen LogP contribution in [-0.4, -0.2) is 49.2 Å². The number of hydrogen-bond donors (Lipinski definition) is 2. The Morgan fingerprint density at radius 3 is 2.70 bits per heavy atom. The number of hydrogen-bond acceptors (Lipinski definition) is 3. The highest BCUT2D eigenvalue weighted by molar-refractivity contribution is 14.0. The highest BCUT2D eigenvalue weighted by Crippen LogP contribution is 2.22. The molecule has 1 aromatic rings. The third kappa shape index (κ3) is 8.31. The summed E-state index contributed by atoms with van der Waals surface area (Å²) in [5.41, 5.74) is 7.03. The molecule has 0 spiro atoms. The molecule has 1 heterocycles. The third-order valence-corrected chi connectivity index (χ3v) is 4.86. The molecule has 1 amide bonds. The summed E-state index contributed by atoms with van der Waals surface area (Å²) >= 11 is 12.1. The van der Waals surface area contributed by atoms with Gasteiger partial charge in [-0.05, 0) is 50.3 Å². The summed E-state index contributed by atoms with van der Waals surface area (Å²) in [7, 11) is 0. The van der Waals surface area contributed by atoms with E-state index in [1.54, 1.807) is 11.0 Å². The molecule has 1 aliphatic rings. The van der Waals surface area contributed by atoms with Gasteiger partial charge in [0.25, 0.3) is 0 Å². The maximum absolute atomic E-state index is 11.7. The van der Waals surface area contributed by atoms with Crippen LogP contribution in [0.4, 0.5) is 4.79 Å². The molecule has 0 radical (unpaired) electrons. The van der Waals surface area contributed by atoms with E-state index in [9.17, 15) is 4.79 Å². The third-order valence-electron chi connectivity index (χ3n) is 4.27. The fourth-order valence-electron chi connectivity index (χ4n) is 2.87. The number of nitrogens with zero attached hydrogens (tertiary/aromatic N) is 2. The van der Waals surface area contributed by atoms with Crippen LogP contribution in [0, 0.1) is 0 Å². The lowest BCUT2D eigenvalue weighted by Crippen LogP contribution is -2.48. The average molecular weight is 529 g/mol. The normalized spacial score (nSPS) is 15.2. The second kappa shape index (κ2) is 12.5. The summed E-state index contributed by atoms with van der Waals surface area (Å²) < 4.78 is 5.02. The molecule has 1 fully saturated rings. The van der Waals surface area contributed by atoms with E-state index in [4.69, 9.17) is 33.7 Å². The summed E-state index contributed by atoms with van der Waals surface area (Å²) in [6, 6.07) is 5.76. The lowest BCUT2D eigenvalue weighted by Gasteiger charge is -2.31. The zero-order valence-electron chi connectivity index (χ0n) is 15.4. The zero-order chi connectivity index (χ0) is 18.9. The quantitative estimate of drug-likeness (QED) is 0.252. The summed E-state index contributed by atoms with van der Waals surface area (Å²) in [4.78, 5) is 17.8. The number of piperidine rings is 1. The van der Waals surface area contributed by atoms with E-state index >= 15 is 0 Å². The number of nitrogens with one attached hydrogen (secondary N) is 1. The molecule has 6 nitrogen and oxygen atoms in total. The number of ether oxygens (including phenoxy) is 1. The largest absolute Gasteiger partial charge is 0.450 e. The van der Waals surface area contributed by atoms with E-state index < -0.39 is 0 Å². The number of nitrogens with two attached hydrogens (primary N) is 1. The van der Waals surface area contributed by atoms with E-state index in [1.807, 2.05) is 19.1 Å². The number of halogens is 3. The number of aryl methyl sites for hydroxylation is 1. The number of amides is 1. The molecular formula is C18H27Cl2IN4O2. The van der Waals surface area contributed by atoms with Crippen LogP contribution in [0.5, 0.6) is 0 Å². The van der Waals surface area contributed by atoms with E-state index in [0.29, 0.717) is 42.2 Å². The van der Waals surface area contributed by atoms with Crippen molar-refractivity contribution in [1.29, 1.82) is 0 Å². The Bertz CT molecular complexity index is 638. The fraction of sp³-hybridized carbons (Fsp3) is 0.556. The SMILES string of the molecule is CCOC(=O)N1CCC(NC(N)=NCCCc2ccc(Cl)cc2Cl)CC1.I. The standard InChI is InChI=1S/C18H26Cl2N4O2.HI/c1-2-26-18(25)24-10-7-15(8-11-24)23-17(21)22-9-3-4-13-5-6-14(19)12-16(13)20;/h5-6,12,15H,2-4,7-11H2,1H3,(H3,21,22,23);1H. The van der Waals surface area contributed by atoms with Gasteiger partial charge in [0.1, 0.15) is 0 Å². The monoisotopic (exact) mass is 528 g/mol. The maximum Gasteiger partial charge on any atom is 0.409 e. The van der Waals surface area contributed by atoms with Crippen molar-refractivity contribution in [3.63, 3.8) is 0 Å². The number of carbonyl (C=O) groups is 1. The number of carbonyl (C=O) groups excluding carboxylic acids is 1. The molecule has 0 atom stereocenters. The molecule has 0 unspecified atom stereocenters. The van der Waals surface area contributed by atoms with Gasteiger partial charge in [-0.1, -0.05) is 29.3 Å². The first kappa shape index (κ1) is 24.1. The Morgan fingerprint density at radius 2 is 2.07 bits per heavy atom. The molecule has 0 aromatic heterocycles. The van der Waals surface area contributed by atoms with Gasteiger partial charge in [0.05, 0.1) is 6.61 Å². The lowest BCUT2D eigenvalue weighted by atomic mass is 10.1. The average Bonchev–Trinajstić information content (AvgIpc) is 2.61.